The largest absolute Gasteiger partial charge is 1.00 e. The number of benzene rings is 1. The summed E-state index contributed by atoms with van der Waals surface area (Å²) in [4.78, 5) is 0. The average Bonchev–Trinajstić information content (AvgIpc) is 2.53. The molecule has 0 spiro atoms. The smallest absolute Gasteiger partial charge is 0.653 e. The van der Waals surface area contributed by atoms with Crippen molar-refractivity contribution in [1.29, 1.82) is 0 Å². The normalized spacial score (nSPS) is 11.2. The molecule has 0 aromatic heterocycles. The Bertz CT molecular complexity index is 426. The van der Waals surface area contributed by atoms with Gasteiger partial charge in [-0.05, 0) is 30.4 Å². The Kier molecular flexibility index (Phi) is 16.6. The van der Waals surface area contributed by atoms with Gasteiger partial charge in [0.05, 0.1) is 6.61 Å². The van der Waals surface area contributed by atoms with E-state index in [0.29, 0.717) is 5.41 Å². The molecule has 0 atom stereocenters. The van der Waals surface area contributed by atoms with Crippen molar-refractivity contribution in [2.24, 2.45) is 5.41 Å². The van der Waals surface area contributed by atoms with E-state index in [4.69, 9.17) is 10.1 Å². The van der Waals surface area contributed by atoms with Gasteiger partial charge in [0.25, 0.3) is 0 Å². The van der Waals surface area contributed by atoms with Crippen LogP contribution in [0.3, 0.4) is 0 Å². The Morgan fingerprint density at radius 3 is 1.96 bits per heavy atom. The van der Waals surface area contributed by atoms with Crippen LogP contribution < -0.4 is 62.9 Å². The molecule has 0 unspecified atom stereocenters. The third kappa shape index (κ3) is 13.6. The molecule has 0 aliphatic heterocycles. The average molecular weight is 420 g/mol. The van der Waals surface area contributed by atoms with Crippen molar-refractivity contribution in [3.05, 3.63) is 35.1 Å². The molecule has 2 nitrogen and oxygen atoms in total. The first kappa shape index (κ1) is 28.0. The summed E-state index contributed by atoms with van der Waals surface area (Å²) in [6, 6.07) is 8.35. The Balaban J connectivity index is 0. The van der Waals surface area contributed by atoms with E-state index in [9.17, 15) is 0 Å². The van der Waals surface area contributed by atoms with Gasteiger partial charge in [-0.1, -0.05) is 85.9 Å². The summed E-state index contributed by atoms with van der Waals surface area (Å²) in [7, 11) is 0. The molecule has 1 aromatic rings. The van der Waals surface area contributed by atoms with Crippen LogP contribution in [0.1, 0.15) is 86.6 Å². The second kappa shape index (κ2) is 14.8. The summed E-state index contributed by atoms with van der Waals surface area (Å²) in [6.07, 6.45) is 4.67. The first-order chi connectivity index (χ1) is 11.3. The van der Waals surface area contributed by atoms with Gasteiger partial charge in [-0.25, -0.2) is 0 Å². The second-order valence-electron chi connectivity index (χ2n) is 7.71. The minimum atomic E-state index is 0. The molecule has 0 aliphatic rings. The monoisotopic (exact) mass is 419 g/mol. The zero-order valence-electron chi connectivity index (χ0n) is 18.4. The van der Waals surface area contributed by atoms with Crippen molar-refractivity contribution in [3.8, 4) is 5.75 Å². The summed E-state index contributed by atoms with van der Waals surface area (Å²) < 4.78 is 5.62. The van der Waals surface area contributed by atoms with Crippen molar-refractivity contribution >= 4 is 0 Å². The molecule has 1 rings (SSSR count). The number of nitrogens with zero attached hydrogens (tertiary/aromatic N) is 1. The topological polar surface area (TPSA) is 23.3 Å². The van der Waals surface area contributed by atoms with E-state index in [1.165, 1.54) is 18.4 Å². The van der Waals surface area contributed by atoms with E-state index >= 15 is 0 Å². The van der Waals surface area contributed by atoms with Crippen LogP contribution in [0.15, 0.2) is 24.3 Å². The fraction of sp³-hybridized carbons (Fsp3) is 0.727. The molecule has 0 fully saturated rings. The molecular formula is C22H40NORb. The molecule has 0 N–H and O–H groups in total. The molecule has 0 radical (unpaired) electrons. The van der Waals surface area contributed by atoms with Crippen molar-refractivity contribution in [3.63, 3.8) is 0 Å². The number of rotatable bonds is 10. The van der Waals surface area contributed by atoms with Gasteiger partial charge in [0, 0.05) is 0 Å². The van der Waals surface area contributed by atoms with Crippen molar-refractivity contribution in [2.45, 2.75) is 93.2 Å². The Hall–Kier alpha value is 0.785. The number of ether oxygens (including phenoxy) is 1. The van der Waals surface area contributed by atoms with Crippen LogP contribution in [-0.4, -0.2) is 12.1 Å². The van der Waals surface area contributed by atoms with Gasteiger partial charge in [-0.2, -0.15) is 0 Å². The molecule has 0 saturated carbocycles. The van der Waals surface area contributed by atoms with Crippen LogP contribution in [0.2, 0.25) is 0 Å². The summed E-state index contributed by atoms with van der Waals surface area (Å²) >= 11 is 0. The molecule has 0 aliphatic carbocycles. The minimum Gasteiger partial charge on any atom is -0.653 e. The molecule has 0 saturated heterocycles. The van der Waals surface area contributed by atoms with Crippen LogP contribution in [0.4, 0.5) is 0 Å². The van der Waals surface area contributed by atoms with Crippen molar-refractivity contribution < 1.29 is 62.9 Å². The van der Waals surface area contributed by atoms with Crippen LogP contribution >= 0.6 is 0 Å². The van der Waals surface area contributed by atoms with E-state index in [1.807, 2.05) is 13.8 Å². The number of hydrogen-bond acceptors (Lipinski definition) is 1. The van der Waals surface area contributed by atoms with Crippen LogP contribution in [0.25, 0.3) is 5.32 Å². The van der Waals surface area contributed by atoms with Crippen LogP contribution in [0, 0.1) is 5.41 Å². The van der Waals surface area contributed by atoms with Gasteiger partial charge in [0.1, 0.15) is 5.75 Å². The molecule has 25 heavy (non-hydrogen) atoms. The van der Waals surface area contributed by atoms with Crippen molar-refractivity contribution in [2.75, 3.05) is 6.61 Å². The predicted octanol–water partition coefficient (Wildman–Crippen LogP) is 4.37. The Morgan fingerprint density at radius 1 is 0.920 bits per heavy atom. The third-order valence-electron chi connectivity index (χ3n) is 3.92. The van der Waals surface area contributed by atoms with Gasteiger partial charge in [0.15, 0.2) is 0 Å². The zero-order valence-corrected chi connectivity index (χ0v) is 23.3. The van der Waals surface area contributed by atoms with Gasteiger partial charge >= 0.3 is 58.2 Å². The first-order valence-electron chi connectivity index (χ1n) is 9.68. The molecule has 0 amide bonds. The number of hydrogen-bond donors (Lipinski definition) is 0. The standard InChI is InChI=1S/C20H34NO.C2H6.Rb/c1-7-13-19(3,4)16-20(5,6)21-15-17-9-11-18(12-10-17)22-14-8-2;1-2;/h9-12H,7-8,13-16H2,1-6H3;1-2H3;/q-1;;+1. The fourth-order valence-electron chi connectivity index (χ4n) is 3.21. The predicted molar refractivity (Wildman–Crippen MR) is 108 cm³/mol. The summed E-state index contributed by atoms with van der Waals surface area (Å²) in [5.41, 5.74) is 1.64. The Labute approximate surface area is 206 Å². The second-order valence-corrected chi connectivity index (χ2v) is 7.71. The third-order valence-corrected chi connectivity index (χ3v) is 3.92. The quantitative estimate of drug-likeness (QED) is 0.552. The van der Waals surface area contributed by atoms with E-state index in [2.05, 4.69) is 65.8 Å². The SMILES string of the molecule is CC.CCCOc1ccc(C[N-]C(C)(C)CC(C)(C)CCC)cc1.[Rb+]. The summed E-state index contributed by atoms with van der Waals surface area (Å²) in [5.74, 6) is 0.953. The van der Waals surface area contributed by atoms with E-state index in [-0.39, 0.29) is 63.7 Å². The molecule has 140 valence electrons. The summed E-state index contributed by atoms with van der Waals surface area (Å²) in [6.45, 7) is 19.2. The zero-order chi connectivity index (χ0) is 18.6. The van der Waals surface area contributed by atoms with Crippen LogP contribution in [0.5, 0.6) is 5.75 Å². The van der Waals surface area contributed by atoms with Gasteiger partial charge in [0.2, 0.25) is 0 Å². The maximum atomic E-state index is 5.62. The Morgan fingerprint density at radius 2 is 1.48 bits per heavy atom. The van der Waals surface area contributed by atoms with E-state index in [1.54, 1.807) is 0 Å². The summed E-state index contributed by atoms with van der Waals surface area (Å²) in [5, 5.41) is 4.94. The van der Waals surface area contributed by atoms with Crippen LogP contribution in [-0.2, 0) is 6.54 Å². The maximum Gasteiger partial charge on any atom is 1.00 e. The molecule has 0 heterocycles. The molecule has 1 aromatic carbocycles. The molecule has 0 bridgehead atoms. The maximum absolute atomic E-state index is 5.62. The first-order valence-corrected chi connectivity index (χ1v) is 9.68. The molecule has 3 heteroatoms. The fourth-order valence-corrected chi connectivity index (χ4v) is 3.21. The van der Waals surface area contributed by atoms with Gasteiger partial charge in [-0.3, -0.25) is 0 Å². The minimum absolute atomic E-state index is 0. The van der Waals surface area contributed by atoms with Gasteiger partial charge < -0.3 is 10.1 Å². The van der Waals surface area contributed by atoms with Gasteiger partial charge in [-0.15, -0.1) is 12.1 Å². The van der Waals surface area contributed by atoms with Crippen molar-refractivity contribution in [1.82, 2.24) is 0 Å². The van der Waals surface area contributed by atoms with E-state index < -0.39 is 0 Å². The molecular weight excluding hydrogens is 380 g/mol. The van der Waals surface area contributed by atoms with E-state index in [0.717, 1.165) is 31.7 Å².